The molecule has 2 aliphatic heterocycles. The molecule has 4 amide bonds. The smallest absolute Gasteiger partial charge is 0.274 e. The molecule has 2 saturated heterocycles. The first-order valence-electron chi connectivity index (χ1n) is 19.8. The number of anilines is 2. The lowest BCUT2D eigenvalue weighted by Crippen LogP contribution is -2.58. The third kappa shape index (κ3) is 10.6. The minimum Gasteiger partial charge on any atom is -0.497 e. The summed E-state index contributed by atoms with van der Waals surface area (Å²) in [5.74, 6) is -0.419. The van der Waals surface area contributed by atoms with Crippen molar-refractivity contribution in [3.8, 4) is 22.9 Å². The van der Waals surface area contributed by atoms with E-state index in [0.717, 1.165) is 16.8 Å². The van der Waals surface area contributed by atoms with Gasteiger partial charge in [0.05, 0.1) is 43.5 Å². The van der Waals surface area contributed by atoms with Crippen molar-refractivity contribution in [2.75, 3.05) is 50.7 Å². The molecule has 4 aromatic rings. The lowest BCUT2D eigenvalue weighted by molar-refractivity contribution is -0.145. The van der Waals surface area contributed by atoms with Crippen LogP contribution in [0.4, 0.5) is 11.4 Å². The normalized spacial score (nSPS) is 17.6. The van der Waals surface area contributed by atoms with Crippen LogP contribution in [0.1, 0.15) is 61.6 Å². The van der Waals surface area contributed by atoms with E-state index in [4.69, 9.17) is 14.2 Å². The molecule has 6 rings (SSSR count). The molecule has 4 heterocycles. The van der Waals surface area contributed by atoms with E-state index in [-0.39, 0.29) is 49.7 Å². The summed E-state index contributed by atoms with van der Waals surface area (Å²) in [5, 5.41) is 26.0. The van der Waals surface area contributed by atoms with Gasteiger partial charge in [-0.1, -0.05) is 32.9 Å². The number of H-pyrrole nitrogens is 1. The number of nitrogens with zero attached hydrogens (tertiary/aromatic N) is 4. The first-order chi connectivity index (χ1) is 28.2. The van der Waals surface area contributed by atoms with Crippen molar-refractivity contribution >= 4 is 35.0 Å². The predicted octanol–water partition coefficient (Wildman–Crippen LogP) is 3.84. The van der Waals surface area contributed by atoms with Crippen LogP contribution < -0.4 is 30.3 Å². The summed E-state index contributed by atoms with van der Waals surface area (Å²) in [4.78, 5) is 61.9. The molecule has 59 heavy (non-hydrogen) atoms. The Kier molecular flexibility index (Phi) is 13.5. The lowest BCUT2D eigenvalue weighted by Gasteiger charge is -2.36. The first-order valence-corrected chi connectivity index (χ1v) is 19.8. The zero-order valence-electron chi connectivity index (χ0n) is 34.4. The molecule has 314 valence electrons. The number of nitrogens with one attached hydrogen (secondary N) is 4. The number of hydrogen-bond acceptors (Lipinski definition) is 11. The second-order valence-electron chi connectivity index (χ2n) is 16.0. The number of carbonyl (C=O) groups excluding carboxylic acids is 4. The average Bonchev–Trinajstić information content (AvgIpc) is 3.92. The molecule has 16 heteroatoms. The van der Waals surface area contributed by atoms with Gasteiger partial charge in [0.25, 0.3) is 5.91 Å². The highest BCUT2D eigenvalue weighted by molar-refractivity contribution is 6.04. The molecule has 0 saturated carbocycles. The number of hydrogen-bond donors (Lipinski definition) is 5. The maximum absolute atomic E-state index is 14.0. The van der Waals surface area contributed by atoms with Crippen LogP contribution in [0.3, 0.4) is 0 Å². The van der Waals surface area contributed by atoms with Gasteiger partial charge in [0.15, 0.2) is 0 Å². The number of β-amino-alcohol motifs (C(OH)–C–C–N with tert-alkyl or cyclic N) is 1. The number of aryl methyl sites for hydroxylation is 1. The highest BCUT2D eigenvalue weighted by atomic mass is 16.5. The number of aromatic amines is 1. The Morgan fingerprint density at radius 1 is 1.00 bits per heavy atom. The molecule has 2 aromatic heterocycles. The first kappa shape index (κ1) is 42.6. The Balaban J connectivity index is 0.992. The van der Waals surface area contributed by atoms with Crippen LogP contribution in [0.2, 0.25) is 0 Å². The van der Waals surface area contributed by atoms with Gasteiger partial charge in [0.2, 0.25) is 17.7 Å². The summed E-state index contributed by atoms with van der Waals surface area (Å²) in [6, 6.07) is 16.3. The van der Waals surface area contributed by atoms with Crippen molar-refractivity contribution in [3.05, 3.63) is 83.7 Å². The molecule has 2 aliphatic rings. The van der Waals surface area contributed by atoms with E-state index in [0.29, 0.717) is 54.5 Å². The highest BCUT2D eigenvalue weighted by Crippen LogP contribution is 2.32. The van der Waals surface area contributed by atoms with Crippen LogP contribution in [0, 0.1) is 12.3 Å². The number of amides is 4. The Hall–Kier alpha value is -6.00. The second-order valence-corrected chi connectivity index (χ2v) is 16.0. The van der Waals surface area contributed by atoms with Crippen molar-refractivity contribution < 1.29 is 38.5 Å². The maximum atomic E-state index is 14.0. The summed E-state index contributed by atoms with van der Waals surface area (Å²) in [5.41, 5.74) is 4.12. The molecule has 0 unspecified atom stereocenters. The van der Waals surface area contributed by atoms with Gasteiger partial charge in [-0.05, 0) is 78.8 Å². The minimum atomic E-state index is -0.962. The van der Waals surface area contributed by atoms with Crippen molar-refractivity contribution in [2.45, 2.75) is 77.8 Å². The highest BCUT2D eigenvalue weighted by Gasteiger charge is 2.44. The van der Waals surface area contributed by atoms with Crippen molar-refractivity contribution in [2.24, 2.45) is 5.41 Å². The van der Waals surface area contributed by atoms with Gasteiger partial charge in [-0.15, -0.1) is 0 Å². The number of rotatable bonds is 14. The summed E-state index contributed by atoms with van der Waals surface area (Å²) in [7, 11) is 3.14. The van der Waals surface area contributed by atoms with Crippen LogP contribution >= 0.6 is 0 Å². The average molecular weight is 811 g/mol. The number of aliphatic hydroxyl groups is 1. The molecule has 0 aliphatic carbocycles. The molecule has 0 radical (unpaired) electrons. The molecule has 0 spiro atoms. The van der Waals surface area contributed by atoms with Gasteiger partial charge < -0.3 is 45.1 Å². The van der Waals surface area contributed by atoms with E-state index in [1.807, 2.05) is 58.0 Å². The summed E-state index contributed by atoms with van der Waals surface area (Å²) < 4.78 is 17.0. The molecule has 3 atom stereocenters. The number of likely N-dealkylation sites (tertiary alicyclic amines) is 1. The molecule has 2 fully saturated rings. The molecule has 2 aromatic carbocycles. The fraction of sp³-hybridized carbons (Fsp3) is 0.442. The number of ether oxygens (including phenoxy) is 3. The number of methoxy groups -OCH3 is 2. The van der Waals surface area contributed by atoms with Crippen LogP contribution in [0.15, 0.2) is 66.9 Å². The minimum absolute atomic E-state index is 0.0154. The number of benzene rings is 2. The monoisotopic (exact) mass is 810 g/mol. The van der Waals surface area contributed by atoms with E-state index < -0.39 is 35.4 Å². The lowest BCUT2D eigenvalue weighted by atomic mass is 9.85. The summed E-state index contributed by atoms with van der Waals surface area (Å²) in [6.45, 7) is 8.77. The quantitative estimate of drug-likeness (QED) is 0.124. The Morgan fingerprint density at radius 2 is 1.78 bits per heavy atom. The zero-order valence-corrected chi connectivity index (χ0v) is 34.4. The van der Waals surface area contributed by atoms with Gasteiger partial charge in [-0.2, -0.15) is 5.10 Å². The Morgan fingerprint density at radius 3 is 2.46 bits per heavy atom. The zero-order chi connectivity index (χ0) is 42.3. The second kappa shape index (κ2) is 18.7. The summed E-state index contributed by atoms with van der Waals surface area (Å²) >= 11 is 0. The van der Waals surface area contributed by atoms with E-state index in [1.165, 1.54) is 4.90 Å². The SMILES string of the molecule is COc1ccc(CNC(=O)[C@@H]2C[C@@H](O)CN2C(=O)[C@@H](NC(=O)COC2CCN(c3ccc(NC(=O)c4cccc(-c5ccn[nH]5)n4)c(OC)c3)CC2)C(C)(C)C)c(C)c1. The number of piperidine rings is 1. The third-order valence-corrected chi connectivity index (χ3v) is 10.7. The van der Waals surface area contributed by atoms with Crippen molar-refractivity contribution in [1.29, 1.82) is 0 Å². The van der Waals surface area contributed by atoms with Crippen LogP contribution in [-0.2, 0) is 25.7 Å². The van der Waals surface area contributed by atoms with E-state index in [1.54, 1.807) is 50.7 Å². The van der Waals surface area contributed by atoms with Gasteiger partial charge in [-0.25, -0.2) is 4.98 Å². The van der Waals surface area contributed by atoms with Crippen LogP contribution in [0.25, 0.3) is 11.4 Å². The largest absolute Gasteiger partial charge is 0.497 e. The maximum Gasteiger partial charge on any atom is 0.274 e. The van der Waals surface area contributed by atoms with Crippen molar-refractivity contribution in [1.82, 2.24) is 30.7 Å². The van der Waals surface area contributed by atoms with Crippen LogP contribution in [-0.4, -0.2) is 114 Å². The van der Waals surface area contributed by atoms with Gasteiger partial charge in [0, 0.05) is 50.6 Å². The molecule has 0 bridgehead atoms. The predicted molar refractivity (Wildman–Crippen MR) is 221 cm³/mol. The topological polar surface area (TPSA) is 200 Å². The number of pyridine rings is 1. The van der Waals surface area contributed by atoms with E-state index in [2.05, 4.69) is 36.0 Å². The van der Waals surface area contributed by atoms with E-state index in [9.17, 15) is 24.3 Å². The summed E-state index contributed by atoms with van der Waals surface area (Å²) in [6.07, 6.45) is 1.99. The number of aromatic nitrogens is 3. The van der Waals surface area contributed by atoms with Gasteiger partial charge >= 0.3 is 0 Å². The fourth-order valence-corrected chi connectivity index (χ4v) is 7.37. The Labute approximate surface area is 344 Å². The standard InChI is InChI=1S/C43H54N8O8/c1-26-20-31(57-5)12-10-27(26)23-44-41(55)36-22-29(52)24-51(36)42(56)39(43(2,3)4)48-38(53)25-59-30-15-18-50(19-16-30)28-11-13-34(37(21-28)58-6)47-40(54)35-9-7-8-32(46-35)33-14-17-45-49-33/h7-14,17,20-21,29-30,36,39,52H,15-16,18-19,22-25H2,1-6H3,(H,44,55)(H,45,49)(H,47,54)(H,48,53)/t29-,36+,39-/m1/s1. The number of aliphatic hydroxyl groups excluding tert-OH is 1. The van der Waals surface area contributed by atoms with Crippen molar-refractivity contribution in [3.63, 3.8) is 0 Å². The molecule has 16 nitrogen and oxygen atoms in total. The third-order valence-electron chi connectivity index (χ3n) is 10.7. The fourth-order valence-electron chi connectivity index (χ4n) is 7.37. The molecular weight excluding hydrogens is 757 g/mol. The van der Waals surface area contributed by atoms with Crippen LogP contribution in [0.5, 0.6) is 11.5 Å². The Bertz CT molecular complexity index is 2110. The molecule has 5 N–H and O–H groups in total. The number of carbonyl (C=O) groups is 4. The molecular formula is C43H54N8O8. The van der Waals surface area contributed by atoms with E-state index >= 15 is 0 Å². The van der Waals surface area contributed by atoms with Gasteiger partial charge in [-0.3, -0.25) is 24.3 Å². The van der Waals surface area contributed by atoms with Gasteiger partial charge in [0.1, 0.15) is 35.9 Å².